The van der Waals surface area contributed by atoms with Crippen LogP contribution in [0.2, 0.25) is 0 Å². The average Bonchev–Trinajstić information content (AvgIpc) is 3.34. The molecular formula is C36H47FN4O6. The molecule has 0 aromatic heterocycles. The lowest BCUT2D eigenvalue weighted by atomic mass is 9.84. The van der Waals surface area contributed by atoms with Gasteiger partial charge in [0.1, 0.15) is 11.6 Å². The minimum atomic E-state index is -0.657. The van der Waals surface area contributed by atoms with E-state index in [0.717, 1.165) is 11.3 Å². The van der Waals surface area contributed by atoms with Crippen molar-refractivity contribution < 1.29 is 32.9 Å². The van der Waals surface area contributed by atoms with Gasteiger partial charge in [-0.05, 0) is 69.2 Å². The van der Waals surface area contributed by atoms with Crippen LogP contribution in [-0.2, 0) is 21.5 Å². The summed E-state index contributed by atoms with van der Waals surface area (Å²) in [6.45, 7) is 14.0. The van der Waals surface area contributed by atoms with Crippen LogP contribution in [0.3, 0.4) is 0 Å². The van der Waals surface area contributed by atoms with E-state index in [1.54, 1.807) is 31.7 Å². The van der Waals surface area contributed by atoms with Crippen molar-refractivity contribution in [2.45, 2.75) is 79.2 Å². The molecule has 1 saturated heterocycles. The SMILES string of the molecule is CCOC(=O)CCCOc1c(N2CCC(C#N)CC2)cc(C(=O)CN2Cc3cc(OCC)c(OCC)c(F)c3C2=N)cc1C(C)(C)C. The summed E-state index contributed by atoms with van der Waals surface area (Å²) in [4.78, 5) is 29.7. The molecule has 0 unspecified atom stereocenters. The van der Waals surface area contributed by atoms with Crippen molar-refractivity contribution in [1.29, 1.82) is 10.7 Å². The van der Waals surface area contributed by atoms with Crippen LogP contribution in [0.5, 0.6) is 17.2 Å². The third kappa shape index (κ3) is 8.16. The van der Waals surface area contributed by atoms with E-state index in [9.17, 15) is 14.9 Å². The quantitative estimate of drug-likeness (QED) is 0.140. The monoisotopic (exact) mass is 650 g/mol. The summed E-state index contributed by atoms with van der Waals surface area (Å²) in [5, 5.41) is 18.3. The van der Waals surface area contributed by atoms with Gasteiger partial charge in [0.15, 0.2) is 23.1 Å². The lowest BCUT2D eigenvalue weighted by molar-refractivity contribution is -0.143. The maximum Gasteiger partial charge on any atom is 0.305 e. The highest BCUT2D eigenvalue weighted by atomic mass is 19.1. The molecule has 0 bridgehead atoms. The number of anilines is 1. The van der Waals surface area contributed by atoms with Gasteiger partial charge in [-0.1, -0.05) is 20.8 Å². The molecule has 0 amide bonds. The Morgan fingerprint density at radius 3 is 2.34 bits per heavy atom. The molecule has 0 atom stereocenters. The second-order valence-electron chi connectivity index (χ2n) is 12.8. The zero-order valence-electron chi connectivity index (χ0n) is 28.5. The van der Waals surface area contributed by atoms with Crippen LogP contribution in [0.15, 0.2) is 18.2 Å². The smallest absolute Gasteiger partial charge is 0.305 e. The summed E-state index contributed by atoms with van der Waals surface area (Å²) in [6.07, 6.45) is 2.11. The molecular weight excluding hydrogens is 603 g/mol. The van der Waals surface area contributed by atoms with Crippen LogP contribution in [0.1, 0.15) is 94.3 Å². The molecule has 1 fully saturated rings. The Bertz CT molecular complexity index is 1520. The number of nitrogens with one attached hydrogen (secondary N) is 1. The first-order valence-electron chi connectivity index (χ1n) is 16.5. The molecule has 10 nitrogen and oxygen atoms in total. The minimum absolute atomic E-state index is 0.0245. The highest BCUT2D eigenvalue weighted by Gasteiger charge is 2.34. The number of hydrogen-bond acceptors (Lipinski definition) is 9. The molecule has 11 heteroatoms. The van der Waals surface area contributed by atoms with Crippen LogP contribution in [0, 0.1) is 28.5 Å². The van der Waals surface area contributed by atoms with Gasteiger partial charge in [0.05, 0.1) is 50.3 Å². The fourth-order valence-electron chi connectivity index (χ4n) is 6.01. The topological polar surface area (TPSA) is 125 Å². The normalized spacial score (nSPS) is 14.9. The van der Waals surface area contributed by atoms with Crippen molar-refractivity contribution in [3.05, 3.63) is 46.3 Å². The van der Waals surface area contributed by atoms with Gasteiger partial charge in [0.2, 0.25) is 0 Å². The maximum absolute atomic E-state index is 15.7. The first kappa shape index (κ1) is 35.5. The number of halogens is 1. The molecule has 2 aliphatic heterocycles. The van der Waals surface area contributed by atoms with E-state index in [2.05, 4.69) is 31.7 Å². The fraction of sp³-hybridized carbons (Fsp3) is 0.556. The molecule has 4 rings (SSSR count). The van der Waals surface area contributed by atoms with Crippen molar-refractivity contribution in [3.63, 3.8) is 0 Å². The maximum atomic E-state index is 15.7. The van der Waals surface area contributed by atoms with E-state index in [-0.39, 0.29) is 66.7 Å². The predicted octanol–water partition coefficient (Wildman–Crippen LogP) is 6.41. The molecule has 2 heterocycles. The number of carbonyl (C=O) groups is 2. The second-order valence-corrected chi connectivity index (χ2v) is 12.8. The standard InChI is InChI=1S/C36H47FN4O6/c1-7-44-29-19-25-21-41(35(39)31(25)32(37)34(29)46-9-3)22-28(42)24-17-26(36(4,5)6)33(47-16-10-11-30(43)45-8-2)27(18-24)40-14-12-23(20-38)13-15-40/h17-19,23,39H,7-16,21-22H2,1-6H3. The van der Waals surface area contributed by atoms with Crippen molar-refractivity contribution in [2.75, 3.05) is 51.0 Å². The van der Waals surface area contributed by atoms with Gasteiger partial charge >= 0.3 is 5.97 Å². The van der Waals surface area contributed by atoms with E-state index in [0.29, 0.717) is 69.0 Å². The van der Waals surface area contributed by atoms with Crippen molar-refractivity contribution >= 4 is 23.3 Å². The summed E-state index contributed by atoms with van der Waals surface area (Å²) in [7, 11) is 0. The number of amidine groups is 1. The molecule has 254 valence electrons. The number of rotatable bonds is 14. The number of Topliss-reactive ketones (excluding diaryl/α,β-unsaturated/α-hetero) is 1. The number of ether oxygens (including phenoxy) is 4. The summed E-state index contributed by atoms with van der Waals surface area (Å²) in [5.41, 5.74) is 2.34. The predicted molar refractivity (Wildman–Crippen MR) is 177 cm³/mol. The summed E-state index contributed by atoms with van der Waals surface area (Å²) >= 11 is 0. The van der Waals surface area contributed by atoms with Gasteiger partial charge in [-0.3, -0.25) is 15.0 Å². The number of hydrogen-bond donors (Lipinski definition) is 1. The summed E-state index contributed by atoms with van der Waals surface area (Å²) < 4.78 is 38.3. The van der Waals surface area contributed by atoms with Crippen LogP contribution in [0.25, 0.3) is 0 Å². The number of nitriles is 1. The van der Waals surface area contributed by atoms with Gasteiger partial charge in [-0.2, -0.15) is 5.26 Å². The average molecular weight is 651 g/mol. The van der Waals surface area contributed by atoms with Gasteiger partial charge in [-0.15, -0.1) is 0 Å². The number of esters is 1. The first-order chi connectivity index (χ1) is 22.4. The van der Waals surface area contributed by atoms with Crippen LogP contribution >= 0.6 is 0 Å². The number of benzene rings is 2. The van der Waals surface area contributed by atoms with Gasteiger partial charge < -0.3 is 28.7 Å². The number of nitrogens with zero attached hydrogens (tertiary/aromatic N) is 3. The Balaban J connectivity index is 1.65. The Labute approximate surface area is 277 Å². The third-order valence-corrected chi connectivity index (χ3v) is 8.40. The molecule has 0 aliphatic carbocycles. The number of carbonyl (C=O) groups excluding carboxylic acids is 2. The number of piperidine rings is 1. The molecule has 2 aromatic rings. The molecule has 0 saturated carbocycles. The Kier molecular flexibility index (Phi) is 11.7. The number of fused-ring (bicyclic) bond motifs is 1. The molecule has 0 radical (unpaired) electrons. The summed E-state index contributed by atoms with van der Waals surface area (Å²) in [5.74, 6) is -0.338. The third-order valence-electron chi connectivity index (χ3n) is 8.40. The van der Waals surface area contributed by atoms with Crippen molar-refractivity contribution in [1.82, 2.24) is 4.90 Å². The zero-order valence-corrected chi connectivity index (χ0v) is 28.5. The molecule has 47 heavy (non-hydrogen) atoms. The lowest BCUT2D eigenvalue weighted by Crippen LogP contribution is -2.34. The highest BCUT2D eigenvalue weighted by molar-refractivity contribution is 6.06. The lowest BCUT2D eigenvalue weighted by Gasteiger charge is -2.35. The second kappa shape index (κ2) is 15.5. The number of ketones is 1. The van der Waals surface area contributed by atoms with E-state index in [1.165, 1.54) is 0 Å². The minimum Gasteiger partial charge on any atom is -0.491 e. The van der Waals surface area contributed by atoms with Crippen LogP contribution in [-0.4, -0.2) is 68.5 Å². The Hall–Kier alpha value is -4.33. The summed E-state index contributed by atoms with van der Waals surface area (Å²) in [6, 6.07) is 7.75. The molecule has 0 spiro atoms. The molecule has 1 N–H and O–H groups in total. The zero-order chi connectivity index (χ0) is 34.3. The van der Waals surface area contributed by atoms with Crippen LogP contribution in [0.4, 0.5) is 10.1 Å². The van der Waals surface area contributed by atoms with Gasteiger partial charge in [-0.25, -0.2) is 4.39 Å². The largest absolute Gasteiger partial charge is 0.491 e. The van der Waals surface area contributed by atoms with Gasteiger partial charge in [0, 0.05) is 43.1 Å². The van der Waals surface area contributed by atoms with E-state index < -0.39 is 11.2 Å². The Morgan fingerprint density at radius 1 is 1.02 bits per heavy atom. The molecule has 2 aliphatic rings. The first-order valence-corrected chi connectivity index (χ1v) is 16.5. The molecule has 2 aromatic carbocycles. The van der Waals surface area contributed by atoms with E-state index in [1.807, 2.05) is 12.1 Å². The highest BCUT2D eigenvalue weighted by Crippen LogP contribution is 2.43. The van der Waals surface area contributed by atoms with Gasteiger partial charge in [0.25, 0.3) is 0 Å². The Morgan fingerprint density at radius 2 is 1.72 bits per heavy atom. The van der Waals surface area contributed by atoms with E-state index >= 15 is 4.39 Å². The fourth-order valence-corrected chi connectivity index (χ4v) is 6.01. The van der Waals surface area contributed by atoms with Crippen molar-refractivity contribution in [3.8, 4) is 23.3 Å². The van der Waals surface area contributed by atoms with E-state index in [4.69, 9.17) is 24.4 Å². The van der Waals surface area contributed by atoms with Crippen molar-refractivity contribution in [2.24, 2.45) is 5.92 Å². The van der Waals surface area contributed by atoms with Crippen LogP contribution < -0.4 is 19.1 Å².